The number of nitrogens with zero attached hydrogens (tertiary/aromatic N) is 1. The molecule has 0 fully saturated rings. The van der Waals surface area contributed by atoms with E-state index in [0.29, 0.717) is 23.0 Å². The van der Waals surface area contributed by atoms with Crippen LogP contribution in [-0.4, -0.2) is 34.7 Å². The van der Waals surface area contributed by atoms with E-state index in [4.69, 9.17) is 4.74 Å². The second kappa shape index (κ2) is 9.82. The van der Waals surface area contributed by atoms with Gasteiger partial charge in [-0.05, 0) is 25.0 Å². The summed E-state index contributed by atoms with van der Waals surface area (Å²) in [6.45, 7) is 4.07. The largest absolute Gasteiger partial charge is 0.452 e. The first-order chi connectivity index (χ1) is 14.5. The lowest BCUT2D eigenvalue weighted by molar-refractivity contribution is -0.154. The van der Waals surface area contributed by atoms with Crippen LogP contribution in [0.5, 0.6) is 0 Å². The van der Waals surface area contributed by atoms with Gasteiger partial charge in [0.2, 0.25) is 0 Å². The molecule has 0 bridgehead atoms. The number of nitrogens with one attached hydrogen (secondary N) is 2. The van der Waals surface area contributed by atoms with Crippen LogP contribution in [-0.2, 0) is 20.7 Å². The van der Waals surface area contributed by atoms with E-state index >= 15 is 0 Å². The zero-order chi connectivity index (χ0) is 21.5. The van der Waals surface area contributed by atoms with Gasteiger partial charge in [0.1, 0.15) is 0 Å². The molecule has 0 spiro atoms. The van der Waals surface area contributed by atoms with E-state index in [1.54, 1.807) is 24.3 Å². The number of carbonyl (C=O) groups excluding carboxylic acids is 2. The van der Waals surface area contributed by atoms with E-state index in [1.165, 1.54) is 6.92 Å². The highest BCUT2D eigenvalue weighted by atomic mass is 16.5. The van der Waals surface area contributed by atoms with Gasteiger partial charge in [-0.3, -0.25) is 14.4 Å². The van der Waals surface area contributed by atoms with E-state index in [2.05, 4.69) is 22.4 Å². The molecule has 1 aromatic heterocycles. The summed E-state index contributed by atoms with van der Waals surface area (Å²) in [4.78, 5) is 36.6. The van der Waals surface area contributed by atoms with Gasteiger partial charge in [-0.2, -0.15) is 5.10 Å². The molecule has 2 aromatic carbocycles. The van der Waals surface area contributed by atoms with Crippen molar-refractivity contribution in [2.75, 3.05) is 6.54 Å². The molecular formula is C23H25N3O4. The minimum atomic E-state index is -0.931. The molecule has 30 heavy (non-hydrogen) atoms. The van der Waals surface area contributed by atoms with Gasteiger partial charge in [0.15, 0.2) is 6.10 Å². The van der Waals surface area contributed by atoms with Crippen LogP contribution < -0.4 is 10.9 Å². The number of carbonyl (C=O) groups is 2. The average Bonchev–Trinajstić information content (AvgIpc) is 2.77. The molecule has 1 amide bonds. The Kier molecular flexibility index (Phi) is 6.95. The number of benzene rings is 2. The molecule has 7 nitrogen and oxygen atoms in total. The standard InChI is InChI=1S/C23H25N3O4/c1-3-16(17-9-5-4-6-10-17)14-24-22(28)15(2)30-21(27)13-20-18-11-7-8-12-19(18)23(29)26-25-20/h4-12,15-16H,3,13-14H2,1-2H3,(H,24,28)(H,26,29)/t15-,16-/m0/s1. The van der Waals surface area contributed by atoms with Crippen LogP contribution in [0.15, 0.2) is 59.4 Å². The minimum Gasteiger partial charge on any atom is -0.452 e. The van der Waals surface area contributed by atoms with Crippen molar-refractivity contribution in [2.45, 2.75) is 38.7 Å². The fraction of sp³-hybridized carbons (Fsp3) is 0.304. The van der Waals surface area contributed by atoms with Crippen LogP contribution in [0.3, 0.4) is 0 Å². The molecule has 0 saturated carbocycles. The summed E-state index contributed by atoms with van der Waals surface area (Å²) in [5.74, 6) is -0.746. The Morgan fingerprint density at radius 3 is 2.43 bits per heavy atom. The third-order valence-electron chi connectivity index (χ3n) is 5.05. The molecule has 156 valence electrons. The fourth-order valence-electron chi connectivity index (χ4n) is 3.33. The van der Waals surface area contributed by atoms with Crippen LogP contribution in [0.1, 0.15) is 37.4 Å². The SMILES string of the molecule is CC[C@@H](CNC(=O)[C@H](C)OC(=O)Cc1n[nH]c(=O)c2ccccc12)c1ccccc1. The second-order valence-electron chi connectivity index (χ2n) is 7.11. The van der Waals surface area contributed by atoms with E-state index < -0.39 is 12.1 Å². The molecule has 0 aliphatic heterocycles. The van der Waals surface area contributed by atoms with Gasteiger partial charge in [0, 0.05) is 17.8 Å². The number of rotatable bonds is 8. The summed E-state index contributed by atoms with van der Waals surface area (Å²) in [5, 5.41) is 10.2. The third-order valence-corrected chi connectivity index (χ3v) is 5.05. The predicted octanol–water partition coefficient (Wildman–Crippen LogP) is 2.71. The Morgan fingerprint density at radius 1 is 1.07 bits per heavy atom. The van der Waals surface area contributed by atoms with Crippen LogP contribution in [0.25, 0.3) is 10.8 Å². The number of H-pyrrole nitrogens is 1. The minimum absolute atomic E-state index is 0.142. The Labute approximate surface area is 174 Å². The average molecular weight is 407 g/mol. The maximum atomic E-state index is 12.4. The Hall–Kier alpha value is -3.48. The van der Waals surface area contributed by atoms with Crippen molar-refractivity contribution in [3.8, 4) is 0 Å². The topological polar surface area (TPSA) is 101 Å². The first-order valence-electron chi connectivity index (χ1n) is 9.98. The van der Waals surface area contributed by atoms with Gasteiger partial charge < -0.3 is 10.1 Å². The Bertz CT molecular complexity index is 1080. The first kappa shape index (κ1) is 21.2. The molecule has 7 heteroatoms. The van der Waals surface area contributed by atoms with Crippen LogP contribution >= 0.6 is 0 Å². The van der Waals surface area contributed by atoms with E-state index in [1.807, 2.05) is 30.3 Å². The van der Waals surface area contributed by atoms with Crippen molar-refractivity contribution in [1.82, 2.24) is 15.5 Å². The van der Waals surface area contributed by atoms with Crippen molar-refractivity contribution < 1.29 is 14.3 Å². The Balaban J connectivity index is 1.57. The highest BCUT2D eigenvalue weighted by Crippen LogP contribution is 2.18. The van der Waals surface area contributed by atoms with Crippen LogP contribution in [0, 0.1) is 0 Å². The summed E-state index contributed by atoms with van der Waals surface area (Å²) >= 11 is 0. The van der Waals surface area contributed by atoms with Crippen molar-refractivity contribution in [3.05, 3.63) is 76.2 Å². The summed E-state index contributed by atoms with van der Waals surface area (Å²) in [6.07, 6.45) is -0.195. The lowest BCUT2D eigenvalue weighted by Gasteiger charge is -2.18. The molecule has 0 radical (unpaired) electrons. The molecule has 2 atom stereocenters. The lowest BCUT2D eigenvalue weighted by atomic mass is 9.96. The molecule has 0 aliphatic rings. The van der Waals surface area contributed by atoms with Gasteiger partial charge >= 0.3 is 5.97 Å². The highest BCUT2D eigenvalue weighted by molar-refractivity contribution is 5.88. The van der Waals surface area contributed by atoms with Gasteiger partial charge in [-0.15, -0.1) is 0 Å². The number of hydrogen-bond acceptors (Lipinski definition) is 5. The quantitative estimate of drug-likeness (QED) is 0.559. The number of aromatic nitrogens is 2. The van der Waals surface area contributed by atoms with Gasteiger partial charge in [0.05, 0.1) is 17.5 Å². The summed E-state index contributed by atoms with van der Waals surface area (Å²) < 4.78 is 5.28. The van der Waals surface area contributed by atoms with Crippen molar-refractivity contribution in [2.24, 2.45) is 0 Å². The zero-order valence-electron chi connectivity index (χ0n) is 17.1. The van der Waals surface area contributed by atoms with Crippen molar-refractivity contribution in [1.29, 1.82) is 0 Å². The predicted molar refractivity (Wildman–Crippen MR) is 114 cm³/mol. The van der Waals surface area contributed by atoms with Crippen LogP contribution in [0.2, 0.25) is 0 Å². The number of aromatic amines is 1. The Morgan fingerprint density at radius 2 is 1.73 bits per heavy atom. The molecule has 0 saturated heterocycles. The first-order valence-corrected chi connectivity index (χ1v) is 9.98. The van der Waals surface area contributed by atoms with Crippen molar-refractivity contribution >= 4 is 22.6 Å². The number of ether oxygens (including phenoxy) is 1. The second-order valence-corrected chi connectivity index (χ2v) is 7.11. The van der Waals surface area contributed by atoms with Gasteiger partial charge in [-0.1, -0.05) is 55.5 Å². The number of fused-ring (bicyclic) bond motifs is 1. The summed E-state index contributed by atoms with van der Waals surface area (Å²) in [6, 6.07) is 16.9. The maximum Gasteiger partial charge on any atom is 0.312 e. The summed E-state index contributed by atoms with van der Waals surface area (Å²) in [7, 11) is 0. The van der Waals surface area contributed by atoms with Crippen molar-refractivity contribution in [3.63, 3.8) is 0 Å². The third kappa shape index (κ3) is 5.11. The molecule has 3 aromatic rings. The van der Waals surface area contributed by atoms with E-state index in [-0.39, 0.29) is 23.8 Å². The molecule has 0 aliphatic carbocycles. The molecule has 1 heterocycles. The fourth-order valence-corrected chi connectivity index (χ4v) is 3.33. The maximum absolute atomic E-state index is 12.4. The number of hydrogen-bond donors (Lipinski definition) is 2. The van der Waals surface area contributed by atoms with E-state index in [0.717, 1.165) is 12.0 Å². The van der Waals surface area contributed by atoms with Gasteiger partial charge in [0.25, 0.3) is 11.5 Å². The van der Waals surface area contributed by atoms with E-state index in [9.17, 15) is 14.4 Å². The monoisotopic (exact) mass is 407 g/mol. The lowest BCUT2D eigenvalue weighted by Crippen LogP contribution is -2.38. The smallest absolute Gasteiger partial charge is 0.312 e. The van der Waals surface area contributed by atoms with Crippen LogP contribution in [0.4, 0.5) is 0 Å². The zero-order valence-corrected chi connectivity index (χ0v) is 17.1. The molecule has 2 N–H and O–H groups in total. The molecule has 0 unspecified atom stereocenters. The summed E-state index contributed by atoms with van der Waals surface area (Å²) in [5.41, 5.74) is 1.23. The number of amides is 1. The highest BCUT2D eigenvalue weighted by Gasteiger charge is 2.20. The molecular weight excluding hydrogens is 382 g/mol. The van der Waals surface area contributed by atoms with Gasteiger partial charge in [-0.25, -0.2) is 5.10 Å². The number of esters is 1. The normalized spacial score (nSPS) is 12.9. The molecule has 3 rings (SSSR count).